The Balaban J connectivity index is 1.48. The Morgan fingerprint density at radius 1 is 0.923 bits per heavy atom. The number of hydrogen-bond acceptors (Lipinski definition) is 3. The second kappa shape index (κ2) is 13.8. The topological polar surface area (TPSA) is 34.9 Å². The largest absolute Gasteiger partial charge is 0.347 e. The molecule has 1 atom stereocenters. The number of para-hydroxylation sites is 2. The molecule has 0 aliphatic rings. The van der Waals surface area contributed by atoms with Crippen LogP contribution in [0.1, 0.15) is 45.2 Å². The van der Waals surface area contributed by atoms with Crippen molar-refractivity contribution in [3.8, 4) is 0 Å². The van der Waals surface area contributed by atoms with Crippen LogP contribution in [0.15, 0.2) is 67.0 Å². The molecule has 204 valence electrons. The van der Waals surface area contributed by atoms with Crippen LogP contribution in [0.5, 0.6) is 0 Å². The van der Waals surface area contributed by atoms with E-state index in [-0.39, 0.29) is 0 Å². The Kier molecular flexibility index (Phi) is 10.3. The Morgan fingerprint density at radius 3 is 2.33 bits per heavy atom. The van der Waals surface area contributed by atoms with Crippen molar-refractivity contribution in [2.24, 2.45) is 7.05 Å². The molecule has 0 aliphatic heterocycles. The minimum atomic E-state index is -1.21. The summed E-state index contributed by atoms with van der Waals surface area (Å²) >= 11 is 0. The number of fused-ring (bicyclic) bond motifs is 2. The van der Waals surface area contributed by atoms with E-state index >= 15 is 0 Å². The molecular weight excluding hydrogens is 503 g/mol. The Bertz CT molecular complexity index is 1450. The van der Waals surface area contributed by atoms with Gasteiger partial charge in [-0.1, -0.05) is 42.5 Å². The van der Waals surface area contributed by atoms with Crippen LogP contribution in [0.3, 0.4) is 0 Å². The third-order valence-electron chi connectivity index (χ3n) is 6.73. The lowest BCUT2D eigenvalue weighted by Crippen LogP contribution is -2.33. The minimum absolute atomic E-state index is 0.302. The van der Waals surface area contributed by atoms with Crippen molar-refractivity contribution in [2.45, 2.75) is 52.7 Å². The number of nitrogens with zero attached hydrogens (tertiary/aromatic N) is 4. The molecule has 0 amide bonds. The lowest BCUT2D eigenvalue weighted by atomic mass is 10.1. The smallest absolute Gasteiger partial charge is 0.259 e. The molecule has 0 N–H and O–H groups in total. The van der Waals surface area contributed by atoms with E-state index < -0.39 is 8.53 Å². The van der Waals surface area contributed by atoms with Gasteiger partial charge in [-0.05, 0) is 57.4 Å². The minimum Gasteiger partial charge on any atom is -0.347 e. The van der Waals surface area contributed by atoms with E-state index in [1.165, 1.54) is 32.9 Å². The SMILES string of the molecule is [C-]#[N+]CCOP(OCCCn1cc(/C=C/c2cc[n+](C)c3ccccc23)c2ccccc21)N(C(C)C)C(C)C. The lowest BCUT2D eigenvalue weighted by Gasteiger charge is -2.35. The molecule has 0 aliphatic carbocycles. The molecule has 0 bridgehead atoms. The Morgan fingerprint density at radius 2 is 1.59 bits per heavy atom. The van der Waals surface area contributed by atoms with Crippen molar-refractivity contribution >= 4 is 42.5 Å². The number of aryl methyl sites for hydroxylation is 2. The molecule has 4 aromatic rings. The van der Waals surface area contributed by atoms with Gasteiger partial charge in [0.15, 0.2) is 6.20 Å². The van der Waals surface area contributed by atoms with Gasteiger partial charge in [-0.3, -0.25) is 0 Å². The van der Waals surface area contributed by atoms with Crippen molar-refractivity contribution in [3.63, 3.8) is 0 Å². The summed E-state index contributed by atoms with van der Waals surface area (Å²) in [6.45, 7) is 17.9. The first-order valence-electron chi connectivity index (χ1n) is 13.7. The molecule has 2 aromatic carbocycles. The van der Waals surface area contributed by atoms with Gasteiger partial charge in [0.1, 0.15) is 13.7 Å². The van der Waals surface area contributed by atoms with Crippen molar-refractivity contribution in [1.82, 2.24) is 9.24 Å². The second-order valence-electron chi connectivity index (χ2n) is 10.2. The number of pyridine rings is 1. The van der Waals surface area contributed by atoms with E-state index in [9.17, 15) is 0 Å². The molecule has 0 spiro atoms. The fraction of sp³-hybridized carbons (Fsp3) is 0.375. The monoisotopic (exact) mass is 543 g/mol. The highest BCUT2D eigenvalue weighted by molar-refractivity contribution is 7.44. The Hall–Kier alpha value is -3.07. The van der Waals surface area contributed by atoms with Gasteiger partial charge in [-0.2, -0.15) is 0 Å². The van der Waals surface area contributed by atoms with Crippen LogP contribution in [0.4, 0.5) is 0 Å². The normalized spacial score (nSPS) is 12.9. The fourth-order valence-electron chi connectivity index (χ4n) is 4.99. The Labute approximate surface area is 234 Å². The maximum absolute atomic E-state index is 7.07. The molecule has 2 aromatic heterocycles. The zero-order chi connectivity index (χ0) is 27.8. The summed E-state index contributed by atoms with van der Waals surface area (Å²) in [5, 5.41) is 2.49. The average Bonchev–Trinajstić information content (AvgIpc) is 3.28. The van der Waals surface area contributed by atoms with E-state index in [4.69, 9.17) is 15.6 Å². The maximum Gasteiger partial charge on any atom is 0.259 e. The summed E-state index contributed by atoms with van der Waals surface area (Å²) in [6.07, 6.45) is 9.68. The van der Waals surface area contributed by atoms with Gasteiger partial charge in [0, 0.05) is 47.9 Å². The van der Waals surface area contributed by atoms with Crippen LogP contribution in [-0.2, 0) is 22.6 Å². The van der Waals surface area contributed by atoms with E-state index in [2.05, 4.69) is 133 Å². The molecular formula is C32H40N4O2P+. The molecule has 1 unspecified atom stereocenters. The predicted octanol–water partition coefficient (Wildman–Crippen LogP) is 7.48. The fourth-order valence-corrected chi connectivity index (χ4v) is 6.61. The number of aromatic nitrogens is 2. The predicted molar refractivity (Wildman–Crippen MR) is 163 cm³/mol. The van der Waals surface area contributed by atoms with Gasteiger partial charge in [0.05, 0.1) is 12.0 Å². The van der Waals surface area contributed by atoms with Gasteiger partial charge in [0.2, 0.25) is 12.1 Å². The van der Waals surface area contributed by atoms with Crippen LogP contribution in [0.2, 0.25) is 0 Å². The number of benzene rings is 2. The highest BCUT2D eigenvalue weighted by Gasteiger charge is 2.27. The molecule has 0 saturated carbocycles. The zero-order valence-corrected chi connectivity index (χ0v) is 24.6. The van der Waals surface area contributed by atoms with Gasteiger partial charge in [-0.15, -0.1) is 0 Å². The summed E-state index contributed by atoms with van der Waals surface area (Å²) in [4.78, 5) is 3.43. The van der Waals surface area contributed by atoms with Crippen LogP contribution in [-0.4, -0.2) is 41.1 Å². The standard InChI is InChI=1S/C32H40N4O2P/c1-25(2)36(26(3)4)39(38-23-19-33-5)37-22-11-20-35-24-28(30-13-8-10-15-32(30)35)17-16-27-18-21-34(6)31-14-9-7-12-29(27)31/h7-10,12-18,21,24-26H,11,19-20,22-23H2,1-4,6H3/q+1. The molecule has 2 heterocycles. The molecule has 0 saturated heterocycles. The van der Waals surface area contributed by atoms with Crippen LogP contribution in [0, 0.1) is 6.57 Å². The summed E-state index contributed by atoms with van der Waals surface area (Å²) in [5.41, 5.74) is 4.86. The molecule has 0 fully saturated rings. The first kappa shape index (κ1) is 28.9. The summed E-state index contributed by atoms with van der Waals surface area (Å²) in [7, 11) is 0.877. The van der Waals surface area contributed by atoms with Gasteiger partial charge in [-0.25, -0.2) is 15.8 Å². The molecule has 6 nitrogen and oxygen atoms in total. The van der Waals surface area contributed by atoms with Gasteiger partial charge in [0.25, 0.3) is 8.53 Å². The molecule has 7 heteroatoms. The van der Waals surface area contributed by atoms with Gasteiger partial charge >= 0.3 is 0 Å². The third-order valence-corrected chi connectivity index (χ3v) is 8.84. The first-order valence-corrected chi connectivity index (χ1v) is 14.8. The second-order valence-corrected chi connectivity index (χ2v) is 11.7. The van der Waals surface area contributed by atoms with E-state index in [0.717, 1.165) is 13.0 Å². The highest BCUT2D eigenvalue weighted by atomic mass is 31.2. The highest BCUT2D eigenvalue weighted by Crippen LogP contribution is 2.45. The number of hydrogen-bond donors (Lipinski definition) is 0. The molecule has 0 radical (unpaired) electrons. The third kappa shape index (κ3) is 7.12. The van der Waals surface area contributed by atoms with Gasteiger partial charge < -0.3 is 18.5 Å². The summed E-state index contributed by atoms with van der Waals surface area (Å²) in [5.74, 6) is 0. The van der Waals surface area contributed by atoms with E-state index in [1.54, 1.807) is 0 Å². The van der Waals surface area contributed by atoms with E-state index in [1.807, 2.05) is 0 Å². The van der Waals surface area contributed by atoms with E-state index in [0.29, 0.717) is 31.8 Å². The quantitative estimate of drug-likeness (QED) is 0.0759. The number of rotatable bonds is 13. The van der Waals surface area contributed by atoms with Crippen molar-refractivity contribution in [3.05, 3.63) is 89.5 Å². The first-order chi connectivity index (χ1) is 18.9. The zero-order valence-electron chi connectivity index (χ0n) is 23.7. The lowest BCUT2D eigenvalue weighted by molar-refractivity contribution is -0.644. The molecule has 39 heavy (non-hydrogen) atoms. The maximum atomic E-state index is 7.07. The van der Waals surface area contributed by atoms with Crippen LogP contribution in [0.25, 0.3) is 38.8 Å². The summed E-state index contributed by atoms with van der Waals surface area (Å²) < 4.78 is 19.1. The molecule has 4 rings (SSSR count). The average molecular weight is 544 g/mol. The van der Waals surface area contributed by atoms with Crippen LogP contribution < -0.4 is 4.57 Å². The summed E-state index contributed by atoms with van der Waals surface area (Å²) in [6, 6.07) is 19.9. The van der Waals surface area contributed by atoms with Crippen LogP contribution >= 0.6 is 8.53 Å². The van der Waals surface area contributed by atoms with Crippen molar-refractivity contribution in [2.75, 3.05) is 19.8 Å². The van der Waals surface area contributed by atoms with Crippen molar-refractivity contribution in [1.29, 1.82) is 0 Å². The van der Waals surface area contributed by atoms with Crippen molar-refractivity contribution < 1.29 is 13.6 Å².